The molecule has 0 saturated heterocycles. The van der Waals surface area contributed by atoms with E-state index in [1.54, 1.807) is 4.90 Å². The number of carbonyl (C=O) groups excluding carboxylic acids is 1. The standard InChI is InChI=1S/C17H25NO5/c1-5-7-18(13-9-14(22-6-2)17(13,3)4)15(19)12-8-11(10-23-12)16(20)21/h8,10,13-14H,5-7,9H2,1-4H3,(H,20,21). The highest BCUT2D eigenvalue weighted by Crippen LogP contribution is 2.46. The fourth-order valence-corrected chi connectivity index (χ4v) is 3.22. The van der Waals surface area contributed by atoms with Crippen LogP contribution in [0, 0.1) is 5.41 Å². The van der Waals surface area contributed by atoms with Gasteiger partial charge < -0.3 is 19.2 Å². The Morgan fingerprint density at radius 1 is 1.43 bits per heavy atom. The van der Waals surface area contributed by atoms with E-state index in [0.29, 0.717) is 13.2 Å². The maximum Gasteiger partial charge on any atom is 0.338 e. The summed E-state index contributed by atoms with van der Waals surface area (Å²) >= 11 is 0. The zero-order valence-electron chi connectivity index (χ0n) is 14.2. The van der Waals surface area contributed by atoms with Crippen LogP contribution in [-0.4, -0.2) is 47.2 Å². The lowest BCUT2D eigenvalue weighted by Crippen LogP contribution is -2.63. The maximum atomic E-state index is 12.8. The van der Waals surface area contributed by atoms with Gasteiger partial charge in [0.15, 0.2) is 5.76 Å². The highest BCUT2D eigenvalue weighted by atomic mass is 16.5. The van der Waals surface area contributed by atoms with Crippen LogP contribution >= 0.6 is 0 Å². The van der Waals surface area contributed by atoms with E-state index in [4.69, 9.17) is 14.3 Å². The quantitative estimate of drug-likeness (QED) is 0.834. The lowest BCUT2D eigenvalue weighted by Gasteiger charge is -2.55. The van der Waals surface area contributed by atoms with Crippen LogP contribution in [0.3, 0.4) is 0 Å². The van der Waals surface area contributed by atoms with Gasteiger partial charge in [-0.15, -0.1) is 0 Å². The van der Waals surface area contributed by atoms with Crippen LogP contribution in [0.25, 0.3) is 0 Å². The Labute approximate surface area is 136 Å². The lowest BCUT2D eigenvalue weighted by atomic mass is 9.63. The smallest absolute Gasteiger partial charge is 0.338 e. The molecule has 0 radical (unpaired) electrons. The molecule has 1 amide bonds. The van der Waals surface area contributed by atoms with E-state index in [9.17, 15) is 9.59 Å². The fraction of sp³-hybridized carbons (Fsp3) is 0.647. The topological polar surface area (TPSA) is 80.0 Å². The van der Waals surface area contributed by atoms with Gasteiger partial charge in [-0.25, -0.2) is 4.79 Å². The summed E-state index contributed by atoms with van der Waals surface area (Å²) < 4.78 is 10.9. The van der Waals surface area contributed by atoms with Crippen molar-refractivity contribution < 1.29 is 23.8 Å². The number of hydrogen-bond acceptors (Lipinski definition) is 4. The predicted octanol–water partition coefficient (Wildman–Crippen LogP) is 3.03. The molecular formula is C17H25NO5. The minimum Gasteiger partial charge on any atom is -0.478 e. The number of carboxylic acid groups (broad SMARTS) is 1. The number of carbonyl (C=O) groups is 2. The Morgan fingerprint density at radius 2 is 2.13 bits per heavy atom. The van der Waals surface area contributed by atoms with Gasteiger partial charge in [-0.2, -0.15) is 0 Å². The monoisotopic (exact) mass is 323 g/mol. The molecular weight excluding hydrogens is 298 g/mol. The van der Waals surface area contributed by atoms with Crippen molar-refractivity contribution in [3.63, 3.8) is 0 Å². The molecule has 2 rings (SSSR count). The Bertz CT molecular complexity index is 577. The van der Waals surface area contributed by atoms with Gasteiger partial charge >= 0.3 is 5.97 Å². The lowest BCUT2D eigenvalue weighted by molar-refractivity contribution is -0.141. The third kappa shape index (κ3) is 3.27. The number of rotatable bonds is 7. The summed E-state index contributed by atoms with van der Waals surface area (Å²) in [5.41, 5.74) is -0.145. The van der Waals surface area contributed by atoms with Crippen molar-refractivity contribution in [1.29, 1.82) is 0 Å². The van der Waals surface area contributed by atoms with Gasteiger partial charge in [0.2, 0.25) is 0 Å². The molecule has 0 bridgehead atoms. The van der Waals surface area contributed by atoms with Crippen LogP contribution < -0.4 is 0 Å². The number of furan rings is 1. The normalized spacial score (nSPS) is 22.4. The SMILES string of the molecule is CCCN(C(=O)c1cc(C(=O)O)co1)C1CC(OCC)C1(C)C. The Balaban J connectivity index is 2.18. The van der Waals surface area contributed by atoms with E-state index in [1.807, 2.05) is 13.8 Å². The molecule has 0 aliphatic heterocycles. The molecule has 0 aromatic carbocycles. The number of carboxylic acids is 1. The molecule has 1 aromatic heterocycles. The van der Waals surface area contributed by atoms with Gasteiger partial charge in [-0.3, -0.25) is 4.79 Å². The molecule has 1 aliphatic carbocycles. The average Bonchev–Trinajstić information content (AvgIpc) is 2.99. The van der Waals surface area contributed by atoms with Gasteiger partial charge in [0, 0.05) is 30.7 Å². The van der Waals surface area contributed by atoms with E-state index in [2.05, 4.69) is 13.8 Å². The number of ether oxygens (including phenoxy) is 1. The average molecular weight is 323 g/mol. The molecule has 23 heavy (non-hydrogen) atoms. The second-order valence-corrected chi connectivity index (χ2v) is 6.52. The van der Waals surface area contributed by atoms with Gasteiger partial charge in [-0.1, -0.05) is 20.8 Å². The molecule has 1 aliphatic rings. The third-order valence-electron chi connectivity index (χ3n) is 4.65. The van der Waals surface area contributed by atoms with E-state index in [1.165, 1.54) is 6.07 Å². The van der Waals surface area contributed by atoms with Crippen molar-refractivity contribution in [2.24, 2.45) is 5.41 Å². The van der Waals surface area contributed by atoms with Crippen LogP contribution in [-0.2, 0) is 4.74 Å². The van der Waals surface area contributed by atoms with Crippen LogP contribution in [0.2, 0.25) is 0 Å². The maximum absolute atomic E-state index is 12.8. The molecule has 6 heteroatoms. The highest BCUT2D eigenvalue weighted by molar-refractivity contribution is 5.95. The third-order valence-corrected chi connectivity index (χ3v) is 4.65. The van der Waals surface area contributed by atoms with Gasteiger partial charge in [0.05, 0.1) is 11.7 Å². The second-order valence-electron chi connectivity index (χ2n) is 6.52. The van der Waals surface area contributed by atoms with Crippen molar-refractivity contribution in [2.75, 3.05) is 13.2 Å². The van der Waals surface area contributed by atoms with Crippen LogP contribution in [0.15, 0.2) is 16.7 Å². The number of nitrogens with zero attached hydrogens (tertiary/aromatic N) is 1. The zero-order chi connectivity index (χ0) is 17.2. The molecule has 2 unspecified atom stereocenters. The summed E-state index contributed by atoms with van der Waals surface area (Å²) in [6.07, 6.45) is 2.86. The second kappa shape index (κ2) is 6.74. The van der Waals surface area contributed by atoms with Gasteiger partial charge in [0.1, 0.15) is 6.26 Å². The van der Waals surface area contributed by atoms with Crippen LogP contribution in [0.5, 0.6) is 0 Å². The summed E-state index contributed by atoms with van der Waals surface area (Å²) in [4.78, 5) is 25.5. The molecule has 1 saturated carbocycles. The molecule has 6 nitrogen and oxygen atoms in total. The van der Waals surface area contributed by atoms with Crippen molar-refractivity contribution in [3.8, 4) is 0 Å². The zero-order valence-corrected chi connectivity index (χ0v) is 14.2. The van der Waals surface area contributed by atoms with E-state index in [-0.39, 0.29) is 34.8 Å². The number of aromatic carboxylic acids is 1. The number of amides is 1. The Kier molecular flexibility index (Phi) is 5.14. The van der Waals surface area contributed by atoms with Gasteiger partial charge in [-0.05, 0) is 19.8 Å². The molecule has 1 heterocycles. The van der Waals surface area contributed by atoms with E-state index in [0.717, 1.165) is 19.1 Å². The first-order chi connectivity index (χ1) is 10.8. The van der Waals surface area contributed by atoms with E-state index >= 15 is 0 Å². The molecule has 2 atom stereocenters. The Morgan fingerprint density at radius 3 is 2.61 bits per heavy atom. The molecule has 0 spiro atoms. The van der Waals surface area contributed by atoms with E-state index < -0.39 is 5.97 Å². The largest absolute Gasteiger partial charge is 0.478 e. The fourth-order valence-electron chi connectivity index (χ4n) is 3.22. The summed E-state index contributed by atoms with van der Waals surface area (Å²) in [6.45, 7) is 9.44. The van der Waals surface area contributed by atoms with Crippen molar-refractivity contribution >= 4 is 11.9 Å². The highest BCUT2D eigenvalue weighted by Gasteiger charge is 2.52. The van der Waals surface area contributed by atoms with Crippen LogP contribution in [0.4, 0.5) is 0 Å². The molecule has 1 fully saturated rings. The predicted molar refractivity (Wildman–Crippen MR) is 84.6 cm³/mol. The molecule has 1 N–H and O–H groups in total. The number of hydrogen-bond donors (Lipinski definition) is 1. The summed E-state index contributed by atoms with van der Waals surface area (Å²) in [5, 5.41) is 8.96. The molecule has 1 aromatic rings. The Hall–Kier alpha value is -1.82. The summed E-state index contributed by atoms with van der Waals surface area (Å²) in [7, 11) is 0. The van der Waals surface area contributed by atoms with Crippen molar-refractivity contribution in [3.05, 3.63) is 23.7 Å². The van der Waals surface area contributed by atoms with Crippen LogP contribution in [0.1, 0.15) is 61.4 Å². The minimum atomic E-state index is -1.10. The minimum absolute atomic E-state index is 0.00939. The van der Waals surface area contributed by atoms with Crippen molar-refractivity contribution in [2.45, 2.75) is 52.7 Å². The first-order valence-electron chi connectivity index (χ1n) is 8.07. The first kappa shape index (κ1) is 17.5. The van der Waals surface area contributed by atoms with Gasteiger partial charge in [0.25, 0.3) is 5.91 Å². The summed E-state index contributed by atoms with van der Waals surface area (Å²) in [6, 6.07) is 1.35. The first-order valence-corrected chi connectivity index (χ1v) is 8.07. The van der Waals surface area contributed by atoms with Crippen molar-refractivity contribution in [1.82, 2.24) is 4.90 Å². The molecule has 128 valence electrons. The summed E-state index contributed by atoms with van der Waals surface area (Å²) in [5.74, 6) is -1.28.